The third kappa shape index (κ3) is 2.42. The van der Waals surface area contributed by atoms with E-state index in [2.05, 4.69) is 26.1 Å². The number of halogens is 2. The molecule has 3 rings (SSSR count). The van der Waals surface area contributed by atoms with Crippen LogP contribution in [0.2, 0.25) is 5.02 Å². The van der Waals surface area contributed by atoms with E-state index in [4.69, 9.17) is 21.9 Å². The Balaban J connectivity index is 1.94. The van der Waals surface area contributed by atoms with Gasteiger partial charge in [-0.3, -0.25) is 0 Å². The van der Waals surface area contributed by atoms with Crippen molar-refractivity contribution < 1.29 is 4.52 Å². The Hall–Kier alpha value is -0.910. The Kier molecular flexibility index (Phi) is 3.37. The Bertz CT molecular complexity index is 608. The van der Waals surface area contributed by atoms with E-state index >= 15 is 0 Å². The van der Waals surface area contributed by atoms with E-state index in [0.717, 1.165) is 35.7 Å². The summed E-state index contributed by atoms with van der Waals surface area (Å²) in [5.41, 5.74) is 6.72. The quantitative estimate of drug-likeness (QED) is 0.899. The summed E-state index contributed by atoms with van der Waals surface area (Å²) in [6, 6.07) is 5.50. The fourth-order valence-corrected chi connectivity index (χ4v) is 2.90. The molecule has 0 spiro atoms. The molecule has 1 saturated carbocycles. The van der Waals surface area contributed by atoms with Gasteiger partial charge in [0, 0.05) is 10.0 Å². The molecule has 1 aromatic heterocycles. The molecule has 19 heavy (non-hydrogen) atoms. The smallest absolute Gasteiger partial charge is 0.258 e. The molecule has 0 radical (unpaired) electrons. The van der Waals surface area contributed by atoms with Crippen LogP contribution in [0.1, 0.15) is 31.5 Å². The van der Waals surface area contributed by atoms with E-state index in [-0.39, 0.29) is 0 Å². The predicted molar refractivity (Wildman–Crippen MR) is 76.8 cm³/mol. The molecule has 2 aromatic rings. The number of benzene rings is 1. The van der Waals surface area contributed by atoms with E-state index < -0.39 is 5.54 Å². The highest BCUT2D eigenvalue weighted by molar-refractivity contribution is 9.10. The summed E-state index contributed by atoms with van der Waals surface area (Å²) in [6.07, 6.45) is 4.06. The number of hydrogen-bond acceptors (Lipinski definition) is 4. The van der Waals surface area contributed by atoms with Crippen LogP contribution in [0.3, 0.4) is 0 Å². The summed E-state index contributed by atoms with van der Waals surface area (Å²) >= 11 is 9.35. The maximum Gasteiger partial charge on any atom is 0.258 e. The fourth-order valence-electron chi connectivity index (χ4n) is 2.40. The summed E-state index contributed by atoms with van der Waals surface area (Å²) in [6.45, 7) is 0. The van der Waals surface area contributed by atoms with Gasteiger partial charge in [-0.1, -0.05) is 29.6 Å². The van der Waals surface area contributed by atoms with Crippen LogP contribution in [0, 0.1) is 0 Å². The molecule has 6 heteroatoms. The average molecular weight is 343 g/mol. The fraction of sp³-hybridized carbons (Fsp3) is 0.385. The van der Waals surface area contributed by atoms with Crippen molar-refractivity contribution in [1.82, 2.24) is 10.1 Å². The van der Waals surface area contributed by atoms with Gasteiger partial charge in [-0.05, 0) is 47.0 Å². The largest absolute Gasteiger partial charge is 0.334 e. The molecule has 0 atom stereocenters. The van der Waals surface area contributed by atoms with Crippen molar-refractivity contribution in [1.29, 1.82) is 0 Å². The Morgan fingerprint density at radius 1 is 1.32 bits per heavy atom. The Morgan fingerprint density at radius 3 is 2.74 bits per heavy atom. The third-order valence-electron chi connectivity index (χ3n) is 3.53. The molecular formula is C13H13BrClN3O. The van der Waals surface area contributed by atoms with Gasteiger partial charge in [0.05, 0.1) is 10.6 Å². The van der Waals surface area contributed by atoms with Gasteiger partial charge in [0.15, 0.2) is 5.82 Å². The van der Waals surface area contributed by atoms with Gasteiger partial charge < -0.3 is 10.3 Å². The number of rotatable bonds is 2. The lowest BCUT2D eigenvalue weighted by molar-refractivity contribution is 0.372. The van der Waals surface area contributed by atoms with Crippen LogP contribution in [0.4, 0.5) is 0 Å². The summed E-state index contributed by atoms with van der Waals surface area (Å²) in [7, 11) is 0. The molecule has 0 unspecified atom stereocenters. The van der Waals surface area contributed by atoms with E-state index in [1.165, 1.54) is 0 Å². The zero-order valence-corrected chi connectivity index (χ0v) is 12.5. The summed E-state index contributed by atoms with van der Waals surface area (Å²) < 4.78 is 6.12. The van der Waals surface area contributed by atoms with Crippen molar-refractivity contribution in [3.05, 3.63) is 33.5 Å². The molecule has 1 fully saturated rings. The average Bonchev–Trinajstić information content (AvgIpc) is 3.02. The van der Waals surface area contributed by atoms with Gasteiger partial charge in [-0.15, -0.1) is 0 Å². The summed E-state index contributed by atoms with van der Waals surface area (Å²) in [5.74, 6) is 1.08. The molecule has 0 bridgehead atoms. The molecule has 100 valence electrons. The van der Waals surface area contributed by atoms with Crippen LogP contribution in [-0.2, 0) is 5.54 Å². The third-order valence-corrected chi connectivity index (χ3v) is 4.75. The molecule has 1 aliphatic carbocycles. The first-order valence-electron chi connectivity index (χ1n) is 6.17. The minimum Gasteiger partial charge on any atom is -0.334 e. The topological polar surface area (TPSA) is 64.9 Å². The van der Waals surface area contributed by atoms with Crippen LogP contribution in [0.15, 0.2) is 27.2 Å². The highest BCUT2D eigenvalue weighted by Gasteiger charge is 2.36. The molecule has 1 heterocycles. The SMILES string of the molecule is NC1(c2noc(-c3ccc(Cl)c(Br)c3)n2)CCCC1. The van der Waals surface area contributed by atoms with Gasteiger partial charge in [0.25, 0.3) is 5.89 Å². The van der Waals surface area contributed by atoms with Crippen LogP contribution in [0.5, 0.6) is 0 Å². The van der Waals surface area contributed by atoms with Crippen LogP contribution in [0.25, 0.3) is 11.5 Å². The predicted octanol–water partition coefficient (Wildman–Crippen LogP) is 3.88. The highest BCUT2D eigenvalue weighted by Crippen LogP contribution is 2.36. The zero-order chi connectivity index (χ0) is 13.5. The Morgan fingerprint density at radius 2 is 2.05 bits per heavy atom. The second-order valence-corrected chi connectivity index (χ2v) is 6.18. The molecule has 0 saturated heterocycles. The van der Waals surface area contributed by atoms with Crippen molar-refractivity contribution in [3.8, 4) is 11.5 Å². The first-order chi connectivity index (χ1) is 9.08. The standard InChI is InChI=1S/C13H13BrClN3O/c14-9-7-8(3-4-10(9)15)11-17-12(18-19-11)13(16)5-1-2-6-13/h3-4,7H,1-2,5-6,16H2. The van der Waals surface area contributed by atoms with E-state index in [1.807, 2.05) is 12.1 Å². The molecular weight excluding hydrogens is 330 g/mol. The summed E-state index contributed by atoms with van der Waals surface area (Å²) in [5, 5.41) is 4.69. The molecule has 0 amide bonds. The van der Waals surface area contributed by atoms with Gasteiger partial charge in [0.2, 0.25) is 0 Å². The second kappa shape index (κ2) is 4.89. The van der Waals surface area contributed by atoms with E-state index in [0.29, 0.717) is 16.7 Å². The number of nitrogens with two attached hydrogens (primary N) is 1. The van der Waals surface area contributed by atoms with E-state index in [1.54, 1.807) is 6.07 Å². The maximum atomic E-state index is 6.31. The summed E-state index contributed by atoms with van der Waals surface area (Å²) in [4.78, 5) is 4.44. The van der Waals surface area contributed by atoms with Gasteiger partial charge in [-0.25, -0.2) is 0 Å². The van der Waals surface area contributed by atoms with Gasteiger partial charge in [0.1, 0.15) is 0 Å². The molecule has 2 N–H and O–H groups in total. The Labute approximate surface area is 124 Å². The lowest BCUT2D eigenvalue weighted by Crippen LogP contribution is -2.34. The van der Waals surface area contributed by atoms with Gasteiger partial charge >= 0.3 is 0 Å². The monoisotopic (exact) mass is 341 g/mol. The van der Waals surface area contributed by atoms with Crippen molar-refractivity contribution in [3.63, 3.8) is 0 Å². The molecule has 0 aliphatic heterocycles. The molecule has 1 aliphatic rings. The second-order valence-electron chi connectivity index (χ2n) is 4.92. The van der Waals surface area contributed by atoms with Crippen LogP contribution in [-0.4, -0.2) is 10.1 Å². The normalized spacial score (nSPS) is 17.8. The van der Waals surface area contributed by atoms with E-state index in [9.17, 15) is 0 Å². The lowest BCUT2D eigenvalue weighted by Gasteiger charge is -2.17. The minimum atomic E-state index is -0.425. The van der Waals surface area contributed by atoms with Crippen molar-refractivity contribution in [2.24, 2.45) is 5.73 Å². The minimum absolute atomic E-state index is 0.425. The zero-order valence-electron chi connectivity index (χ0n) is 10.2. The first kappa shape index (κ1) is 13.1. The van der Waals surface area contributed by atoms with Crippen molar-refractivity contribution in [2.75, 3.05) is 0 Å². The van der Waals surface area contributed by atoms with Crippen LogP contribution < -0.4 is 5.73 Å². The van der Waals surface area contributed by atoms with Crippen molar-refractivity contribution >= 4 is 27.5 Å². The number of nitrogens with zero attached hydrogens (tertiary/aromatic N) is 2. The number of aromatic nitrogens is 2. The lowest BCUT2D eigenvalue weighted by atomic mass is 9.99. The van der Waals surface area contributed by atoms with Gasteiger partial charge in [-0.2, -0.15) is 4.98 Å². The highest BCUT2D eigenvalue weighted by atomic mass is 79.9. The number of hydrogen-bond donors (Lipinski definition) is 1. The first-order valence-corrected chi connectivity index (χ1v) is 7.34. The van der Waals surface area contributed by atoms with Crippen LogP contribution >= 0.6 is 27.5 Å². The molecule has 4 nitrogen and oxygen atoms in total. The maximum absolute atomic E-state index is 6.31. The molecule has 1 aromatic carbocycles. The van der Waals surface area contributed by atoms with Crippen molar-refractivity contribution in [2.45, 2.75) is 31.2 Å².